The van der Waals surface area contributed by atoms with E-state index in [-0.39, 0.29) is 0 Å². The lowest BCUT2D eigenvalue weighted by molar-refractivity contribution is 0.179. The molecule has 0 aromatic rings. The summed E-state index contributed by atoms with van der Waals surface area (Å²) in [5.41, 5.74) is 0. The fraction of sp³-hybridized carbons (Fsp3) is 1.00. The molecule has 2 heteroatoms. The maximum Gasteiger partial charge on any atom is -0.000653 e. The molecule has 1 heterocycles. The van der Waals surface area contributed by atoms with Crippen molar-refractivity contribution >= 4 is 0 Å². The Morgan fingerprint density at radius 3 is 2.67 bits per heavy atom. The minimum Gasteiger partial charge on any atom is -0.320 e. The first kappa shape index (κ1) is 7.03. The Balaban J connectivity index is 1.80. The van der Waals surface area contributed by atoms with Gasteiger partial charge in [0.1, 0.15) is 0 Å². The van der Waals surface area contributed by atoms with E-state index >= 15 is 0 Å². The molecule has 0 bridgehead atoms. The van der Waals surface area contributed by atoms with Gasteiger partial charge in [0.2, 0.25) is 0 Å². The molecule has 54 valence electrons. The molecule has 0 aromatic heterocycles. The van der Waals surface area contributed by atoms with Crippen LogP contribution in [0.2, 0.25) is 0 Å². The Kier molecular flexibility index (Phi) is 3.01. The van der Waals surface area contributed by atoms with Gasteiger partial charge in [0.15, 0.2) is 0 Å². The molecule has 0 aliphatic carbocycles. The maximum atomic E-state index is 3.14. The first-order chi connectivity index (χ1) is 4.43. The Morgan fingerprint density at radius 1 is 1.44 bits per heavy atom. The smallest absolute Gasteiger partial charge is 0.000653 e. The van der Waals surface area contributed by atoms with Crippen LogP contribution in [-0.4, -0.2) is 38.1 Å². The maximum absolute atomic E-state index is 3.14. The van der Waals surface area contributed by atoms with Gasteiger partial charge < -0.3 is 10.2 Å². The highest BCUT2D eigenvalue weighted by atomic mass is 15.2. The summed E-state index contributed by atoms with van der Waals surface area (Å²) in [6.45, 7) is 5.13. The highest BCUT2D eigenvalue weighted by Gasteiger charge is 2.11. The van der Waals surface area contributed by atoms with Crippen molar-refractivity contribution in [2.24, 2.45) is 0 Å². The predicted octanol–water partition coefficient (Wildman–Crippen LogP) is 0.302. The van der Waals surface area contributed by atoms with Gasteiger partial charge in [-0.15, -0.1) is 0 Å². The normalized spacial score (nSPS) is 19.7. The predicted molar refractivity (Wildman–Crippen MR) is 39.6 cm³/mol. The number of hydrogen-bond acceptors (Lipinski definition) is 2. The summed E-state index contributed by atoms with van der Waals surface area (Å²) >= 11 is 0. The molecule has 1 aliphatic heterocycles. The van der Waals surface area contributed by atoms with Crippen LogP contribution in [0.15, 0.2) is 0 Å². The van der Waals surface area contributed by atoms with Crippen molar-refractivity contribution in [1.29, 1.82) is 0 Å². The molecule has 0 amide bonds. The number of rotatable bonds is 4. The monoisotopic (exact) mass is 128 g/mol. The summed E-state index contributed by atoms with van der Waals surface area (Å²) in [6, 6.07) is 0. The molecule has 0 spiro atoms. The third-order valence-corrected chi connectivity index (χ3v) is 1.85. The lowest BCUT2D eigenvalue weighted by atomic mass is 10.2. The summed E-state index contributed by atoms with van der Waals surface area (Å²) in [7, 11) is 2.01. The van der Waals surface area contributed by atoms with Crippen molar-refractivity contribution in [3.8, 4) is 0 Å². The van der Waals surface area contributed by atoms with Crippen molar-refractivity contribution in [3.63, 3.8) is 0 Å². The number of likely N-dealkylation sites (tertiary alicyclic amines) is 1. The van der Waals surface area contributed by atoms with Gasteiger partial charge in [-0.25, -0.2) is 0 Å². The first-order valence-electron chi connectivity index (χ1n) is 3.80. The summed E-state index contributed by atoms with van der Waals surface area (Å²) < 4.78 is 0. The van der Waals surface area contributed by atoms with E-state index in [1.165, 1.54) is 32.5 Å². The fourth-order valence-corrected chi connectivity index (χ4v) is 1.08. The Bertz CT molecular complexity index is 69.3. The van der Waals surface area contributed by atoms with Crippen LogP contribution in [0, 0.1) is 0 Å². The van der Waals surface area contributed by atoms with Crippen molar-refractivity contribution < 1.29 is 0 Å². The quantitative estimate of drug-likeness (QED) is 0.548. The van der Waals surface area contributed by atoms with Crippen LogP contribution in [0.25, 0.3) is 0 Å². The van der Waals surface area contributed by atoms with Crippen LogP contribution in [0.5, 0.6) is 0 Å². The summed E-state index contributed by atoms with van der Waals surface area (Å²) in [4.78, 5) is 2.50. The van der Waals surface area contributed by atoms with Gasteiger partial charge in [0, 0.05) is 0 Å². The van der Waals surface area contributed by atoms with Crippen LogP contribution < -0.4 is 5.32 Å². The van der Waals surface area contributed by atoms with Crippen molar-refractivity contribution in [3.05, 3.63) is 0 Å². The van der Waals surface area contributed by atoms with E-state index in [0.717, 1.165) is 6.54 Å². The highest BCUT2D eigenvalue weighted by molar-refractivity contribution is 4.67. The van der Waals surface area contributed by atoms with Gasteiger partial charge in [0.25, 0.3) is 0 Å². The topological polar surface area (TPSA) is 15.3 Å². The van der Waals surface area contributed by atoms with E-state index < -0.39 is 0 Å². The molecule has 0 saturated carbocycles. The second kappa shape index (κ2) is 3.85. The van der Waals surface area contributed by atoms with Crippen LogP contribution in [0.3, 0.4) is 0 Å². The van der Waals surface area contributed by atoms with E-state index in [1.807, 2.05) is 7.05 Å². The van der Waals surface area contributed by atoms with Gasteiger partial charge in [-0.2, -0.15) is 0 Å². The standard InChI is InChI=1S/C7H16N2/c1-8-4-2-5-9-6-3-7-9/h8H,2-7H2,1H3. The highest BCUT2D eigenvalue weighted by Crippen LogP contribution is 2.04. The zero-order chi connectivity index (χ0) is 6.53. The second-order valence-electron chi connectivity index (χ2n) is 2.65. The van der Waals surface area contributed by atoms with Crippen LogP contribution in [0.1, 0.15) is 12.8 Å². The SMILES string of the molecule is CNCCCN1CCC1. The van der Waals surface area contributed by atoms with Gasteiger partial charge in [-0.05, 0) is 46.1 Å². The fourth-order valence-electron chi connectivity index (χ4n) is 1.08. The molecule has 0 atom stereocenters. The summed E-state index contributed by atoms with van der Waals surface area (Å²) in [6.07, 6.45) is 2.72. The lowest BCUT2D eigenvalue weighted by Crippen LogP contribution is -2.38. The molecule has 1 aliphatic rings. The second-order valence-corrected chi connectivity index (χ2v) is 2.65. The summed E-state index contributed by atoms with van der Waals surface area (Å²) in [5.74, 6) is 0. The number of nitrogens with zero attached hydrogens (tertiary/aromatic N) is 1. The van der Waals surface area contributed by atoms with Crippen molar-refractivity contribution in [2.75, 3.05) is 33.2 Å². The number of nitrogens with one attached hydrogen (secondary N) is 1. The lowest BCUT2D eigenvalue weighted by Gasteiger charge is -2.30. The molecule has 9 heavy (non-hydrogen) atoms. The zero-order valence-corrected chi connectivity index (χ0v) is 6.19. The van der Waals surface area contributed by atoms with Crippen molar-refractivity contribution in [2.45, 2.75) is 12.8 Å². The average molecular weight is 128 g/mol. The van der Waals surface area contributed by atoms with E-state index in [9.17, 15) is 0 Å². The van der Waals surface area contributed by atoms with E-state index in [4.69, 9.17) is 0 Å². The van der Waals surface area contributed by atoms with Crippen molar-refractivity contribution in [1.82, 2.24) is 10.2 Å². The summed E-state index contributed by atoms with van der Waals surface area (Å²) in [5, 5.41) is 3.14. The Labute approximate surface area is 57.2 Å². The first-order valence-corrected chi connectivity index (χ1v) is 3.80. The van der Waals surface area contributed by atoms with Crippen LogP contribution in [0.4, 0.5) is 0 Å². The van der Waals surface area contributed by atoms with Gasteiger partial charge in [-0.3, -0.25) is 0 Å². The van der Waals surface area contributed by atoms with Crippen LogP contribution in [-0.2, 0) is 0 Å². The number of hydrogen-bond donors (Lipinski definition) is 1. The third kappa shape index (κ3) is 2.33. The third-order valence-electron chi connectivity index (χ3n) is 1.85. The molecule has 1 saturated heterocycles. The molecular weight excluding hydrogens is 112 g/mol. The van der Waals surface area contributed by atoms with E-state index in [0.29, 0.717) is 0 Å². The van der Waals surface area contributed by atoms with Crippen LogP contribution >= 0.6 is 0 Å². The molecule has 0 aromatic carbocycles. The van der Waals surface area contributed by atoms with Gasteiger partial charge in [0.05, 0.1) is 0 Å². The van der Waals surface area contributed by atoms with E-state index in [1.54, 1.807) is 0 Å². The molecule has 0 radical (unpaired) electrons. The molecule has 2 nitrogen and oxygen atoms in total. The largest absolute Gasteiger partial charge is 0.320 e. The molecular formula is C7H16N2. The molecule has 1 rings (SSSR count). The molecule has 1 fully saturated rings. The molecule has 1 N–H and O–H groups in total. The van der Waals surface area contributed by atoms with Gasteiger partial charge >= 0.3 is 0 Å². The molecule has 0 unspecified atom stereocenters. The van der Waals surface area contributed by atoms with E-state index in [2.05, 4.69) is 10.2 Å². The minimum absolute atomic E-state index is 1.16. The minimum atomic E-state index is 1.16. The zero-order valence-electron chi connectivity index (χ0n) is 6.19. The Hall–Kier alpha value is -0.0800. The van der Waals surface area contributed by atoms with Gasteiger partial charge in [-0.1, -0.05) is 0 Å². The Morgan fingerprint density at radius 2 is 2.22 bits per heavy atom. The average Bonchev–Trinajstić information content (AvgIpc) is 1.76.